The van der Waals surface area contributed by atoms with Crippen LogP contribution < -0.4 is 0 Å². The summed E-state index contributed by atoms with van der Waals surface area (Å²) in [4.78, 5) is 13.9. The molecule has 0 bridgehead atoms. The van der Waals surface area contributed by atoms with E-state index >= 15 is 0 Å². The highest BCUT2D eigenvalue weighted by atomic mass is 16.1. The van der Waals surface area contributed by atoms with Crippen molar-refractivity contribution in [3.8, 4) is 0 Å². The van der Waals surface area contributed by atoms with Crippen LogP contribution in [0, 0.1) is 0 Å². The number of hydrogen-bond donors (Lipinski definition) is 1. The van der Waals surface area contributed by atoms with Crippen molar-refractivity contribution in [2.75, 3.05) is 0 Å². The number of carbonyl (C=O) groups is 1. The summed E-state index contributed by atoms with van der Waals surface area (Å²) >= 11 is 0. The first-order chi connectivity index (χ1) is 6.77. The molecule has 0 saturated heterocycles. The normalized spacial score (nSPS) is 11.2. The highest BCUT2D eigenvalue weighted by Crippen LogP contribution is 2.18. The second-order valence-electron chi connectivity index (χ2n) is 3.23. The molecule has 2 nitrogen and oxygen atoms in total. The van der Waals surface area contributed by atoms with Crippen LogP contribution in [0.25, 0.3) is 17.0 Å². The van der Waals surface area contributed by atoms with Crippen LogP contribution in [0.2, 0.25) is 0 Å². The molecule has 2 rings (SSSR count). The van der Waals surface area contributed by atoms with Gasteiger partial charge >= 0.3 is 0 Å². The van der Waals surface area contributed by atoms with E-state index in [0.717, 1.165) is 16.5 Å². The SMILES string of the molecule is CC(=O)/C=C/c1c[nH]c2ccccc12.[H]. The van der Waals surface area contributed by atoms with Crippen LogP contribution in [-0.2, 0) is 4.79 Å². The molecule has 0 saturated carbocycles. The maximum Gasteiger partial charge on any atom is 0.152 e. The Morgan fingerprint density at radius 2 is 2.21 bits per heavy atom. The molecular weight excluding hydrogens is 174 g/mol. The molecule has 0 aliphatic carbocycles. The highest BCUT2D eigenvalue weighted by molar-refractivity contribution is 5.96. The van der Waals surface area contributed by atoms with Gasteiger partial charge in [0.25, 0.3) is 0 Å². The molecule has 0 aliphatic heterocycles. The number of hydrogen-bond acceptors (Lipinski definition) is 1. The number of benzene rings is 1. The van der Waals surface area contributed by atoms with Crippen LogP contribution in [0.15, 0.2) is 36.5 Å². The first-order valence-corrected chi connectivity index (χ1v) is 4.52. The third kappa shape index (κ3) is 1.59. The first-order valence-electron chi connectivity index (χ1n) is 4.52. The van der Waals surface area contributed by atoms with Gasteiger partial charge < -0.3 is 4.98 Å². The first kappa shape index (κ1) is 8.75. The minimum absolute atomic E-state index is 0. The van der Waals surface area contributed by atoms with Gasteiger partial charge in [0.15, 0.2) is 5.78 Å². The number of aromatic nitrogens is 1. The van der Waals surface area contributed by atoms with E-state index in [1.165, 1.54) is 0 Å². The van der Waals surface area contributed by atoms with Gasteiger partial charge in [-0.3, -0.25) is 4.79 Å². The Bertz CT molecular complexity index is 499. The topological polar surface area (TPSA) is 32.9 Å². The number of carbonyl (C=O) groups excluding carboxylic acids is 1. The lowest BCUT2D eigenvalue weighted by molar-refractivity contribution is -0.112. The monoisotopic (exact) mass is 186 g/mol. The van der Waals surface area contributed by atoms with E-state index in [1.807, 2.05) is 36.5 Å². The fraction of sp³-hybridized carbons (Fsp3) is 0.0833. The van der Waals surface area contributed by atoms with Gasteiger partial charge in [0, 0.05) is 18.5 Å². The predicted octanol–water partition coefficient (Wildman–Crippen LogP) is 2.88. The summed E-state index contributed by atoms with van der Waals surface area (Å²) in [7, 11) is 0. The molecule has 0 fully saturated rings. The van der Waals surface area contributed by atoms with Crippen LogP contribution in [0.5, 0.6) is 0 Å². The van der Waals surface area contributed by atoms with E-state index in [1.54, 1.807) is 13.0 Å². The van der Waals surface area contributed by atoms with Gasteiger partial charge in [-0.05, 0) is 30.7 Å². The Labute approximate surface area is 83.7 Å². The summed E-state index contributed by atoms with van der Waals surface area (Å²) < 4.78 is 0. The lowest BCUT2D eigenvalue weighted by atomic mass is 10.1. The largest absolute Gasteiger partial charge is 0.361 e. The molecule has 0 unspecified atom stereocenters. The third-order valence-corrected chi connectivity index (χ3v) is 2.12. The van der Waals surface area contributed by atoms with Crippen LogP contribution in [0.1, 0.15) is 13.9 Å². The van der Waals surface area contributed by atoms with Gasteiger partial charge in [-0.2, -0.15) is 0 Å². The molecule has 0 amide bonds. The maximum absolute atomic E-state index is 10.8. The van der Waals surface area contributed by atoms with E-state index in [-0.39, 0.29) is 7.21 Å². The van der Waals surface area contributed by atoms with Crippen molar-refractivity contribution in [2.45, 2.75) is 6.92 Å². The number of fused-ring (bicyclic) bond motifs is 1. The average Bonchev–Trinajstić information content (AvgIpc) is 2.58. The summed E-state index contributed by atoms with van der Waals surface area (Å²) in [5, 5.41) is 1.14. The maximum atomic E-state index is 10.8. The molecule has 2 aromatic rings. The number of para-hydroxylation sites is 1. The van der Waals surface area contributed by atoms with Gasteiger partial charge in [-0.25, -0.2) is 0 Å². The zero-order valence-corrected chi connectivity index (χ0v) is 7.95. The summed E-state index contributed by atoms with van der Waals surface area (Å²) in [6.45, 7) is 1.55. The Morgan fingerprint density at radius 3 is 3.00 bits per heavy atom. The number of ketones is 1. The molecule has 1 aromatic heterocycles. The van der Waals surface area contributed by atoms with Crippen molar-refractivity contribution in [1.82, 2.24) is 4.98 Å². The molecule has 0 aliphatic rings. The van der Waals surface area contributed by atoms with Crippen molar-refractivity contribution >= 4 is 22.8 Å². The minimum atomic E-state index is 0. The summed E-state index contributed by atoms with van der Waals surface area (Å²) in [6, 6.07) is 8.02. The van der Waals surface area contributed by atoms with E-state index in [9.17, 15) is 4.79 Å². The molecule has 1 radical (unpaired) electrons. The van der Waals surface area contributed by atoms with Gasteiger partial charge in [0.2, 0.25) is 0 Å². The molecule has 14 heavy (non-hydrogen) atoms. The van der Waals surface area contributed by atoms with Crippen molar-refractivity contribution < 1.29 is 6.22 Å². The second kappa shape index (κ2) is 3.50. The Kier molecular flexibility index (Phi) is 2.19. The Balaban J connectivity index is 0.00000112. The minimum Gasteiger partial charge on any atom is -0.361 e. The molecular formula is C12H12NO. The summed E-state index contributed by atoms with van der Waals surface area (Å²) in [5.74, 6) is 0.0651. The van der Waals surface area contributed by atoms with Crippen molar-refractivity contribution in [1.29, 1.82) is 0 Å². The third-order valence-electron chi connectivity index (χ3n) is 2.12. The molecule has 1 N–H and O–H groups in total. The lowest BCUT2D eigenvalue weighted by Crippen LogP contribution is -1.78. The van der Waals surface area contributed by atoms with Gasteiger partial charge in [0.05, 0.1) is 0 Å². The fourth-order valence-corrected chi connectivity index (χ4v) is 1.44. The Hall–Kier alpha value is -1.83. The van der Waals surface area contributed by atoms with Crippen LogP contribution in [0.4, 0.5) is 0 Å². The van der Waals surface area contributed by atoms with E-state index in [0.29, 0.717) is 0 Å². The molecule has 1 heterocycles. The van der Waals surface area contributed by atoms with Gasteiger partial charge in [-0.1, -0.05) is 18.2 Å². The molecule has 0 atom stereocenters. The second-order valence-corrected chi connectivity index (χ2v) is 3.23. The Morgan fingerprint density at radius 1 is 1.43 bits per heavy atom. The fourth-order valence-electron chi connectivity index (χ4n) is 1.44. The van der Waals surface area contributed by atoms with Crippen LogP contribution in [-0.4, -0.2) is 10.8 Å². The molecule has 0 spiro atoms. The van der Waals surface area contributed by atoms with Crippen LogP contribution >= 0.6 is 0 Å². The van der Waals surface area contributed by atoms with E-state index < -0.39 is 0 Å². The standard InChI is InChI=1S/C12H11NO.H/c1-9(14)6-7-10-8-13-12-5-3-2-4-11(10)12;/h2-8,13H,1H3;/b7-6+;. The molecule has 2 heteroatoms. The number of aromatic amines is 1. The van der Waals surface area contributed by atoms with E-state index in [4.69, 9.17) is 0 Å². The highest BCUT2D eigenvalue weighted by Gasteiger charge is 1.98. The smallest absolute Gasteiger partial charge is 0.152 e. The number of nitrogens with one attached hydrogen (secondary N) is 1. The van der Waals surface area contributed by atoms with Crippen molar-refractivity contribution in [3.05, 3.63) is 42.1 Å². The average molecular weight is 186 g/mol. The molecule has 1 aromatic carbocycles. The van der Waals surface area contributed by atoms with Gasteiger partial charge in [0.1, 0.15) is 0 Å². The zero-order valence-electron chi connectivity index (χ0n) is 8.95. The number of allylic oxidation sites excluding steroid dienone is 1. The lowest BCUT2D eigenvalue weighted by Gasteiger charge is -1.89. The number of H-pyrrole nitrogens is 1. The predicted molar refractivity (Wildman–Crippen MR) is 59.1 cm³/mol. The van der Waals surface area contributed by atoms with Crippen LogP contribution in [0.3, 0.4) is 0 Å². The van der Waals surface area contributed by atoms with Crippen molar-refractivity contribution in [2.24, 2.45) is 0 Å². The zero-order chi connectivity index (χ0) is 9.97. The summed E-state index contributed by atoms with van der Waals surface area (Å²) in [5.41, 5.74) is 2.14. The molecule has 71 valence electrons. The van der Waals surface area contributed by atoms with Gasteiger partial charge in [-0.15, -0.1) is 0 Å². The summed E-state index contributed by atoms with van der Waals surface area (Å²) in [6.07, 6.45) is 5.32. The van der Waals surface area contributed by atoms with E-state index in [2.05, 4.69) is 4.98 Å². The number of rotatable bonds is 2. The quantitative estimate of drug-likeness (QED) is 0.719. The van der Waals surface area contributed by atoms with Crippen molar-refractivity contribution in [3.63, 3.8) is 0 Å².